The first-order valence-electron chi connectivity index (χ1n) is 10.4. The van der Waals surface area contributed by atoms with Crippen molar-refractivity contribution in [3.05, 3.63) is 34.9 Å². The standard InChI is InChI=1S/C22H30ClN3O2/c1-13(22-10-14-6-15(11-22)8-16(7-14)12-22)25-20(27)9-19(26-21(24)28)17-4-2-3-5-18(17)23/h2-5,13-16,19H,6-12H2,1H3,(H,25,27)(H3,24,26,28)/t13-,14?,15?,16?,19-,22?/m1/s1. The molecule has 6 heteroatoms. The number of nitrogens with two attached hydrogens (primary N) is 1. The first-order valence-corrected chi connectivity index (χ1v) is 10.8. The molecule has 2 atom stereocenters. The van der Waals surface area contributed by atoms with Crippen LogP contribution in [0.2, 0.25) is 5.02 Å². The molecule has 0 aromatic heterocycles. The molecule has 152 valence electrons. The van der Waals surface area contributed by atoms with Gasteiger partial charge in [0.1, 0.15) is 0 Å². The van der Waals surface area contributed by atoms with Gasteiger partial charge in [-0.15, -0.1) is 0 Å². The Labute approximate surface area is 171 Å². The Morgan fingerprint density at radius 1 is 1.11 bits per heavy atom. The maximum Gasteiger partial charge on any atom is 0.312 e. The molecule has 0 saturated heterocycles. The summed E-state index contributed by atoms with van der Waals surface area (Å²) in [6, 6.07) is 6.19. The lowest BCUT2D eigenvalue weighted by Crippen LogP contribution is -2.56. The second-order valence-electron chi connectivity index (χ2n) is 9.36. The van der Waals surface area contributed by atoms with E-state index in [1.54, 1.807) is 6.07 Å². The van der Waals surface area contributed by atoms with Crippen LogP contribution in [0.5, 0.6) is 0 Å². The molecule has 0 radical (unpaired) electrons. The van der Waals surface area contributed by atoms with E-state index in [2.05, 4.69) is 17.6 Å². The Bertz CT molecular complexity index is 731. The van der Waals surface area contributed by atoms with Crippen LogP contribution in [-0.4, -0.2) is 18.0 Å². The van der Waals surface area contributed by atoms with Crippen molar-refractivity contribution in [3.63, 3.8) is 0 Å². The molecular formula is C22H30ClN3O2. The van der Waals surface area contributed by atoms with Gasteiger partial charge in [0.15, 0.2) is 0 Å². The molecule has 0 heterocycles. The van der Waals surface area contributed by atoms with E-state index >= 15 is 0 Å². The number of hydrogen-bond acceptors (Lipinski definition) is 2. The lowest BCUT2D eigenvalue weighted by molar-refractivity contribution is -0.126. The topological polar surface area (TPSA) is 84.2 Å². The number of amides is 3. The Morgan fingerprint density at radius 2 is 1.68 bits per heavy atom. The molecule has 4 bridgehead atoms. The summed E-state index contributed by atoms with van der Waals surface area (Å²) >= 11 is 6.28. The lowest BCUT2D eigenvalue weighted by Gasteiger charge is -2.59. The third-order valence-electron chi connectivity index (χ3n) is 7.37. The smallest absolute Gasteiger partial charge is 0.312 e. The molecule has 3 amide bonds. The molecule has 1 aromatic carbocycles. The van der Waals surface area contributed by atoms with Crippen molar-refractivity contribution >= 4 is 23.5 Å². The molecule has 5 rings (SSSR count). The molecule has 0 aliphatic heterocycles. The van der Waals surface area contributed by atoms with E-state index in [1.165, 1.54) is 38.5 Å². The number of urea groups is 1. The minimum Gasteiger partial charge on any atom is -0.353 e. The zero-order chi connectivity index (χ0) is 19.9. The van der Waals surface area contributed by atoms with Gasteiger partial charge in [-0.05, 0) is 80.2 Å². The number of benzene rings is 1. The van der Waals surface area contributed by atoms with Crippen molar-refractivity contribution in [3.8, 4) is 0 Å². The van der Waals surface area contributed by atoms with Crippen LogP contribution in [0.15, 0.2) is 24.3 Å². The minimum atomic E-state index is -0.660. The largest absolute Gasteiger partial charge is 0.353 e. The summed E-state index contributed by atoms with van der Waals surface area (Å²) in [5.41, 5.74) is 6.30. The van der Waals surface area contributed by atoms with Crippen LogP contribution in [0.4, 0.5) is 4.79 Å². The molecule has 4 fully saturated rings. The molecule has 4 aliphatic rings. The van der Waals surface area contributed by atoms with Crippen molar-refractivity contribution < 1.29 is 9.59 Å². The number of carbonyl (C=O) groups excluding carboxylic acids is 2. The molecule has 0 unspecified atom stereocenters. The predicted octanol–water partition coefficient (Wildman–Crippen LogP) is 4.16. The molecule has 5 nitrogen and oxygen atoms in total. The lowest BCUT2D eigenvalue weighted by atomic mass is 9.48. The van der Waals surface area contributed by atoms with Crippen LogP contribution in [0, 0.1) is 23.2 Å². The van der Waals surface area contributed by atoms with Gasteiger partial charge in [-0.25, -0.2) is 4.79 Å². The number of rotatable bonds is 6. The summed E-state index contributed by atoms with van der Waals surface area (Å²) < 4.78 is 0. The van der Waals surface area contributed by atoms with Gasteiger partial charge in [0.05, 0.1) is 12.5 Å². The number of hydrogen-bond donors (Lipinski definition) is 3. The Morgan fingerprint density at radius 3 is 2.21 bits per heavy atom. The van der Waals surface area contributed by atoms with Crippen LogP contribution >= 0.6 is 11.6 Å². The highest BCUT2D eigenvalue weighted by Gasteiger charge is 2.53. The highest BCUT2D eigenvalue weighted by molar-refractivity contribution is 6.31. The van der Waals surface area contributed by atoms with Gasteiger partial charge in [-0.1, -0.05) is 29.8 Å². The van der Waals surface area contributed by atoms with E-state index in [0.717, 1.165) is 17.8 Å². The zero-order valence-corrected chi connectivity index (χ0v) is 17.2. The maximum atomic E-state index is 12.9. The van der Waals surface area contributed by atoms with E-state index in [-0.39, 0.29) is 23.8 Å². The van der Waals surface area contributed by atoms with Crippen LogP contribution in [0.3, 0.4) is 0 Å². The number of carbonyl (C=O) groups is 2. The van der Waals surface area contributed by atoms with Crippen molar-refractivity contribution in [1.29, 1.82) is 0 Å². The summed E-state index contributed by atoms with van der Waals surface area (Å²) in [6.45, 7) is 2.16. The van der Waals surface area contributed by atoms with Crippen molar-refractivity contribution in [2.75, 3.05) is 0 Å². The quantitative estimate of drug-likeness (QED) is 0.666. The molecule has 28 heavy (non-hydrogen) atoms. The number of primary amides is 1. The van der Waals surface area contributed by atoms with Crippen LogP contribution in [-0.2, 0) is 4.79 Å². The van der Waals surface area contributed by atoms with E-state index in [4.69, 9.17) is 17.3 Å². The highest BCUT2D eigenvalue weighted by Crippen LogP contribution is 2.61. The summed E-state index contributed by atoms with van der Waals surface area (Å²) in [6.07, 6.45) is 8.02. The average molecular weight is 404 g/mol. The predicted molar refractivity (Wildman–Crippen MR) is 110 cm³/mol. The average Bonchev–Trinajstić information content (AvgIpc) is 2.60. The number of halogens is 1. The Kier molecular flexibility index (Phi) is 5.30. The first-order chi connectivity index (χ1) is 13.3. The van der Waals surface area contributed by atoms with Gasteiger partial charge in [-0.2, -0.15) is 0 Å². The molecule has 4 N–H and O–H groups in total. The number of nitrogens with one attached hydrogen (secondary N) is 2. The SMILES string of the molecule is C[C@@H](NC(=O)C[C@@H](NC(N)=O)c1ccccc1Cl)C12CC3CC(CC(C3)C1)C2. The van der Waals surface area contributed by atoms with Gasteiger partial charge in [0.25, 0.3) is 0 Å². The highest BCUT2D eigenvalue weighted by atomic mass is 35.5. The third-order valence-corrected chi connectivity index (χ3v) is 7.71. The molecule has 1 aromatic rings. The maximum absolute atomic E-state index is 12.9. The van der Waals surface area contributed by atoms with Gasteiger partial charge < -0.3 is 16.4 Å². The second-order valence-corrected chi connectivity index (χ2v) is 9.76. The summed E-state index contributed by atoms with van der Waals surface area (Å²) in [4.78, 5) is 24.3. The fraction of sp³-hybridized carbons (Fsp3) is 0.636. The van der Waals surface area contributed by atoms with E-state index in [1.807, 2.05) is 18.2 Å². The third kappa shape index (κ3) is 3.86. The van der Waals surface area contributed by atoms with Crippen LogP contribution < -0.4 is 16.4 Å². The Balaban J connectivity index is 1.43. The summed E-state index contributed by atoms with van der Waals surface area (Å²) in [5, 5.41) is 6.44. The monoisotopic (exact) mass is 403 g/mol. The van der Waals surface area contributed by atoms with E-state index < -0.39 is 12.1 Å². The van der Waals surface area contributed by atoms with Gasteiger partial charge in [0.2, 0.25) is 5.91 Å². The van der Waals surface area contributed by atoms with Crippen molar-refractivity contribution in [2.24, 2.45) is 28.9 Å². The fourth-order valence-corrected chi connectivity index (χ4v) is 6.78. The van der Waals surface area contributed by atoms with Gasteiger partial charge >= 0.3 is 6.03 Å². The van der Waals surface area contributed by atoms with Crippen molar-refractivity contribution in [2.45, 2.75) is 64.0 Å². The van der Waals surface area contributed by atoms with Crippen LogP contribution in [0.25, 0.3) is 0 Å². The van der Waals surface area contributed by atoms with E-state index in [9.17, 15) is 9.59 Å². The van der Waals surface area contributed by atoms with Gasteiger partial charge in [0, 0.05) is 11.1 Å². The summed E-state index contributed by atoms with van der Waals surface area (Å²) in [5.74, 6) is 2.47. The zero-order valence-electron chi connectivity index (χ0n) is 16.4. The first kappa shape index (κ1) is 19.6. The molecule has 4 aliphatic carbocycles. The summed E-state index contributed by atoms with van der Waals surface area (Å²) in [7, 11) is 0. The Hall–Kier alpha value is -1.75. The molecule has 0 spiro atoms. The fourth-order valence-electron chi connectivity index (χ4n) is 6.52. The van der Waals surface area contributed by atoms with Crippen molar-refractivity contribution in [1.82, 2.24) is 10.6 Å². The van der Waals surface area contributed by atoms with Crippen LogP contribution in [0.1, 0.15) is 63.5 Å². The second kappa shape index (κ2) is 7.58. The molecule has 4 saturated carbocycles. The molecular weight excluding hydrogens is 374 g/mol. The normalized spacial score (nSPS) is 32.6. The van der Waals surface area contributed by atoms with E-state index in [0.29, 0.717) is 10.6 Å². The van der Waals surface area contributed by atoms with Gasteiger partial charge in [-0.3, -0.25) is 4.79 Å². The minimum absolute atomic E-state index is 0.0677.